The van der Waals surface area contributed by atoms with Gasteiger partial charge in [0.1, 0.15) is 0 Å². The van der Waals surface area contributed by atoms with Crippen molar-refractivity contribution in [2.45, 2.75) is 0 Å². The van der Waals surface area contributed by atoms with Crippen molar-refractivity contribution in [3.63, 3.8) is 0 Å². The molecule has 11 rings (SSSR count). The zero-order valence-electron chi connectivity index (χ0n) is 29.6. The summed E-state index contributed by atoms with van der Waals surface area (Å²) in [6.45, 7) is 0. The van der Waals surface area contributed by atoms with Crippen molar-refractivity contribution in [3.8, 4) is 56.5 Å². The number of thiophene rings is 1. The fraction of sp³-hybridized carbons (Fsp3) is 0. The summed E-state index contributed by atoms with van der Waals surface area (Å²) in [6.07, 6.45) is 0. The van der Waals surface area contributed by atoms with Gasteiger partial charge in [-0.3, -0.25) is 0 Å². The second-order valence-corrected chi connectivity index (χ2v) is 14.9. The lowest BCUT2D eigenvalue weighted by Crippen LogP contribution is -2.16. The van der Waals surface area contributed by atoms with E-state index in [0.29, 0.717) is 5.82 Å². The number of anilines is 3. The van der Waals surface area contributed by atoms with Gasteiger partial charge in [-0.2, -0.15) is 0 Å². The van der Waals surface area contributed by atoms with Crippen LogP contribution in [0, 0.1) is 0 Å². The maximum atomic E-state index is 6.39. The van der Waals surface area contributed by atoms with Crippen molar-refractivity contribution in [2.75, 3.05) is 4.90 Å². The molecule has 1 aliphatic heterocycles. The van der Waals surface area contributed by atoms with Gasteiger partial charge in [-0.1, -0.05) is 121 Å². The highest BCUT2D eigenvalue weighted by Gasteiger charge is 2.27. The van der Waals surface area contributed by atoms with E-state index in [1.807, 2.05) is 59.9 Å². The minimum Gasteiger partial charge on any atom is -0.453 e. The maximum Gasteiger partial charge on any atom is 0.160 e. The van der Waals surface area contributed by atoms with E-state index < -0.39 is 0 Å². The summed E-state index contributed by atoms with van der Waals surface area (Å²) in [4.78, 5) is 12.5. The average molecular weight is 722 g/mol. The molecule has 1 aliphatic rings. The van der Waals surface area contributed by atoms with Gasteiger partial charge in [0.05, 0.1) is 28.5 Å². The van der Waals surface area contributed by atoms with Gasteiger partial charge in [0, 0.05) is 42.2 Å². The monoisotopic (exact) mass is 721 g/mol. The molecule has 258 valence electrons. The second kappa shape index (κ2) is 12.8. The Morgan fingerprint density at radius 3 is 1.65 bits per heavy atom. The highest BCUT2D eigenvalue weighted by atomic mass is 32.1. The molecule has 0 N–H and O–H groups in total. The lowest BCUT2D eigenvalue weighted by molar-refractivity contribution is 0.477. The zero-order valence-corrected chi connectivity index (χ0v) is 30.4. The SMILES string of the molecule is c1ccc(-c2cc(-c3ccc4sc5ccc(-c6cc(N7c8ccccc8Oc8ccccc87)c7ccccc7c6)cc5c4c3)nc(-c3ccccc3)n2)cc1. The number of aromatic nitrogens is 2. The molecule has 0 amide bonds. The molecule has 5 heteroatoms. The second-order valence-electron chi connectivity index (χ2n) is 13.8. The lowest BCUT2D eigenvalue weighted by atomic mass is 9.96. The number of hydrogen-bond acceptors (Lipinski definition) is 5. The number of nitrogens with zero attached hydrogens (tertiary/aromatic N) is 3. The largest absolute Gasteiger partial charge is 0.453 e. The van der Waals surface area contributed by atoms with Crippen LogP contribution in [-0.2, 0) is 0 Å². The third-order valence-corrected chi connectivity index (χ3v) is 11.6. The number of fused-ring (bicyclic) bond motifs is 6. The Labute approximate surface area is 322 Å². The Balaban J connectivity index is 1.07. The van der Waals surface area contributed by atoms with Crippen LogP contribution in [0.5, 0.6) is 11.5 Å². The van der Waals surface area contributed by atoms with Gasteiger partial charge >= 0.3 is 0 Å². The van der Waals surface area contributed by atoms with Crippen molar-refractivity contribution < 1.29 is 4.74 Å². The molecule has 0 saturated carbocycles. The Morgan fingerprint density at radius 2 is 0.945 bits per heavy atom. The van der Waals surface area contributed by atoms with Crippen LogP contribution < -0.4 is 9.64 Å². The van der Waals surface area contributed by atoms with Crippen LogP contribution in [0.4, 0.5) is 17.1 Å². The maximum absolute atomic E-state index is 6.39. The summed E-state index contributed by atoms with van der Waals surface area (Å²) >= 11 is 1.83. The van der Waals surface area contributed by atoms with E-state index in [0.717, 1.165) is 62.2 Å². The predicted molar refractivity (Wildman–Crippen MR) is 229 cm³/mol. The highest BCUT2D eigenvalue weighted by molar-refractivity contribution is 7.25. The first-order valence-electron chi connectivity index (χ1n) is 18.4. The Morgan fingerprint density at radius 1 is 0.382 bits per heavy atom. The summed E-state index contributed by atoms with van der Waals surface area (Å²) in [5.41, 5.74) is 10.4. The normalized spacial score (nSPS) is 12.1. The number of hydrogen-bond donors (Lipinski definition) is 0. The van der Waals surface area contributed by atoms with Gasteiger partial charge in [0.15, 0.2) is 17.3 Å². The quantitative estimate of drug-likeness (QED) is 0.177. The summed E-state index contributed by atoms with van der Waals surface area (Å²) in [7, 11) is 0. The van der Waals surface area contributed by atoms with Gasteiger partial charge < -0.3 is 9.64 Å². The van der Waals surface area contributed by atoms with Crippen LogP contribution >= 0.6 is 11.3 Å². The van der Waals surface area contributed by atoms with E-state index in [9.17, 15) is 0 Å². The number of ether oxygens (including phenoxy) is 1. The van der Waals surface area contributed by atoms with Gasteiger partial charge in [-0.15, -0.1) is 11.3 Å². The van der Waals surface area contributed by atoms with Gasteiger partial charge in [-0.05, 0) is 83.2 Å². The van der Waals surface area contributed by atoms with E-state index in [2.05, 4.69) is 144 Å². The molecule has 0 spiro atoms. The summed E-state index contributed by atoms with van der Waals surface area (Å²) in [6, 6.07) is 66.2. The Hall–Kier alpha value is -7.08. The number of para-hydroxylation sites is 4. The fourth-order valence-corrected chi connectivity index (χ4v) is 8.86. The molecule has 0 radical (unpaired) electrons. The molecule has 0 unspecified atom stereocenters. The number of benzene rings is 8. The molecule has 4 nitrogen and oxygen atoms in total. The molecule has 0 bridgehead atoms. The smallest absolute Gasteiger partial charge is 0.160 e. The van der Waals surface area contributed by atoms with E-state index in [1.165, 1.54) is 36.5 Å². The third-order valence-electron chi connectivity index (χ3n) is 10.4. The van der Waals surface area contributed by atoms with Crippen LogP contribution in [0.2, 0.25) is 0 Å². The first-order valence-corrected chi connectivity index (χ1v) is 19.2. The molecule has 8 aromatic carbocycles. The molecule has 10 aromatic rings. The van der Waals surface area contributed by atoms with Crippen molar-refractivity contribution in [2.24, 2.45) is 0 Å². The van der Waals surface area contributed by atoms with Crippen LogP contribution in [0.3, 0.4) is 0 Å². The molecule has 3 heterocycles. The molecular formula is C50H31N3OS. The van der Waals surface area contributed by atoms with Crippen molar-refractivity contribution in [1.29, 1.82) is 0 Å². The first kappa shape index (κ1) is 31.4. The number of rotatable bonds is 5. The summed E-state index contributed by atoms with van der Waals surface area (Å²) in [5, 5.41) is 4.81. The van der Waals surface area contributed by atoms with Gasteiger partial charge in [-0.25, -0.2) is 9.97 Å². The third kappa shape index (κ3) is 5.44. The Bertz CT molecular complexity index is 2980. The topological polar surface area (TPSA) is 38.2 Å². The standard InChI is InChI=1S/C50H31N3OS/c1-3-13-32(14-4-1)41-31-42(52-50(51-41)33-15-5-2-6-16-33)36-24-26-49-40(29-36)39-28-34(23-25-48(39)55-49)37-27-35-17-7-8-18-38(35)45(30-37)53-43-19-9-11-21-46(43)54-47-22-12-10-20-44(47)53/h1-31H. The van der Waals surface area contributed by atoms with Crippen molar-refractivity contribution >= 4 is 59.3 Å². The van der Waals surface area contributed by atoms with E-state index in [1.54, 1.807) is 0 Å². The summed E-state index contributed by atoms with van der Waals surface area (Å²) < 4.78 is 8.89. The molecular weight excluding hydrogens is 691 g/mol. The van der Waals surface area contributed by atoms with Crippen LogP contribution in [-0.4, -0.2) is 9.97 Å². The fourth-order valence-electron chi connectivity index (χ4n) is 7.79. The molecule has 0 saturated heterocycles. The Kier molecular flexibility index (Phi) is 7.32. The summed E-state index contributed by atoms with van der Waals surface area (Å²) in [5.74, 6) is 2.40. The van der Waals surface area contributed by atoms with Crippen molar-refractivity contribution in [3.05, 3.63) is 188 Å². The zero-order chi connectivity index (χ0) is 36.3. The molecule has 2 aromatic heterocycles. The van der Waals surface area contributed by atoms with Crippen LogP contribution in [0.15, 0.2) is 188 Å². The van der Waals surface area contributed by atoms with E-state index >= 15 is 0 Å². The molecule has 0 atom stereocenters. The van der Waals surface area contributed by atoms with Crippen molar-refractivity contribution in [1.82, 2.24) is 9.97 Å². The molecule has 55 heavy (non-hydrogen) atoms. The van der Waals surface area contributed by atoms with E-state index in [4.69, 9.17) is 14.7 Å². The minimum absolute atomic E-state index is 0.715. The molecule has 0 fully saturated rings. The van der Waals surface area contributed by atoms with Gasteiger partial charge in [0.2, 0.25) is 0 Å². The minimum atomic E-state index is 0.715. The highest BCUT2D eigenvalue weighted by Crippen LogP contribution is 2.52. The van der Waals surface area contributed by atoms with E-state index in [-0.39, 0.29) is 0 Å². The van der Waals surface area contributed by atoms with Gasteiger partial charge in [0.25, 0.3) is 0 Å². The predicted octanol–water partition coefficient (Wildman–Crippen LogP) is 14.2. The lowest BCUT2D eigenvalue weighted by Gasteiger charge is -2.33. The van der Waals surface area contributed by atoms with Crippen LogP contribution in [0.25, 0.3) is 76.0 Å². The van der Waals surface area contributed by atoms with Crippen LogP contribution in [0.1, 0.15) is 0 Å². The first-order chi connectivity index (χ1) is 27.2. The average Bonchev–Trinajstić information content (AvgIpc) is 3.63. The molecule has 0 aliphatic carbocycles.